The maximum absolute atomic E-state index is 9.15. The normalized spacial score (nSPS) is 15.2. The number of hydrogen-bond acceptors (Lipinski definition) is 5. The number of rotatable bonds is 4. The van der Waals surface area contributed by atoms with Gasteiger partial charge in [0.25, 0.3) is 0 Å². The van der Waals surface area contributed by atoms with Crippen molar-refractivity contribution in [2.75, 3.05) is 25.1 Å². The molecule has 23 heavy (non-hydrogen) atoms. The number of methoxy groups -OCH3 is 1. The first-order chi connectivity index (χ1) is 11.3. The Morgan fingerprint density at radius 2 is 1.87 bits per heavy atom. The monoisotopic (exact) mass is 308 g/mol. The molecule has 1 saturated heterocycles. The van der Waals surface area contributed by atoms with Crippen molar-refractivity contribution in [3.8, 4) is 11.8 Å². The van der Waals surface area contributed by atoms with Crippen LogP contribution in [-0.2, 0) is 6.42 Å². The van der Waals surface area contributed by atoms with Crippen LogP contribution in [-0.4, -0.2) is 30.2 Å². The number of benzene rings is 1. The van der Waals surface area contributed by atoms with Gasteiger partial charge in [0, 0.05) is 25.5 Å². The van der Waals surface area contributed by atoms with Gasteiger partial charge in [0.15, 0.2) is 11.5 Å². The second kappa shape index (κ2) is 7.10. The Kier molecular flexibility index (Phi) is 4.72. The van der Waals surface area contributed by atoms with Gasteiger partial charge in [-0.3, -0.25) is 0 Å². The Morgan fingerprint density at radius 1 is 1.17 bits per heavy atom. The van der Waals surface area contributed by atoms with E-state index in [1.165, 1.54) is 5.56 Å². The predicted octanol–water partition coefficient (Wildman–Crippen LogP) is 2.82. The first-order valence-corrected chi connectivity index (χ1v) is 7.89. The largest absolute Gasteiger partial charge is 0.497 e. The number of nitrogens with zero attached hydrogens (tertiary/aromatic N) is 4. The molecule has 5 nitrogen and oxygen atoms in total. The van der Waals surface area contributed by atoms with Gasteiger partial charge in [-0.05, 0) is 42.9 Å². The minimum Gasteiger partial charge on any atom is -0.497 e. The summed E-state index contributed by atoms with van der Waals surface area (Å²) >= 11 is 0. The van der Waals surface area contributed by atoms with Crippen LogP contribution in [0.1, 0.15) is 24.1 Å². The van der Waals surface area contributed by atoms with Crippen LogP contribution in [0.25, 0.3) is 0 Å². The van der Waals surface area contributed by atoms with Gasteiger partial charge in [0.05, 0.1) is 7.11 Å². The van der Waals surface area contributed by atoms with Crippen LogP contribution >= 0.6 is 0 Å². The Balaban J connectivity index is 1.59. The molecule has 1 aliphatic rings. The topological polar surface area (TPSA) is 62.0 Å². The van der Waals surface area contributed by atoms with Crippen molar-refractivity contribution in [1.29, 1.82) is 5.26 Å². The fourth-order valence-corrected chi connectivity index (χ4v) is 3.08. The lowest BCUT2D eigenvalue weighted by Gasteiger charge is -2.33. The predicted molar refractivity (Wildman–Crippen MR) is 88.4 cm³/mol. The van der Waals surface area contributed by atoms with Gasteiger partial charge >= 0.3 is 0 Å². The van der Waals surface area contributed by atoms with Crippen molar-refractivity contribution in [2.45, 2.75) is 19.3 Å². The smallest absolute Gasteiger partial charge is 0.183 e. The van der Waals surface area contributed by atoms with E-state index in [-0.39, 0.29) is 0 Å². The lowest BCUT2D eigenvalue weighted by atomic mass is 9.90. The van der Waals surface area contributed by atoms with Crippen molar-refractivity contribution >= 4 is 5.82 Å². The highest BCUT2D eigenvalue weighted by molar-refractivity contribution is 5.49. The minimum absolute atomic E-state index is 0.418. The summed E-state index contributed by atoms with van der Waals surface area (Å²) in [6.45, 7) is 1.85. The molecular weight excluding hydrogens is 288 g/mol. The maximum atomic E-state index is 9.15. The van der Waals surface area contributed by atoms with Crippen molar-refractivity contribution in [3.63, 3.8) is 0 Å². The Morgan fingerprint density at radius 3 is 2.52 bits per heavy atom. The molecule has 1 aromatic carbocycles. The van der Waals surface area contributed by atoms with E-state index in [0.717, 1.165) is 43.9 Å². The summed E-state index contributed by atoms with van der Waals surface area (Å²) in [5.41, 5.74) is 1.77. The standard InChI is InChI=1S/C18H20N4O/c1-23-16-4-2-14(3-5-16)12-15-6-10-22(11-7-15)18-17(13-19)20-8-9-21-18/h2-5,8-9,15H,6-7,10-12H2,1H3. The molecule has 1 aromatic heterocycles. The SMILES string of the molecule is COc1ccc(CC2CCN(c3nccnc3C#N)CC2)cc1. The summed E-state index contributed by atoms with van der Waals surface area (Å²) in [6.07, 6.45) is 6.52. The summed E-state index contributed by atoms with van der Waals surface area (Å²) in [5.74, 6) is 2.29. The Labute approximate surface area is 136 Å². The van der Waals surface area contributed by atoms with Crippen LogP contribution in [0.15, 0.2) is 36.7 Å². The second-order valence-corrected chi connectivity index (χ2v) is 5.82. The van der Waals surface area contributed by atoms with Crippen molar-refractivity contribution in [1.82, 2.24) is 9.97 Å². The molecule has 5 heteroatoms. The maximum Gasteiger partial charge on any atom is 0.183 e. The number of nitriles is 1. The summed E-state index contributed by atoms with van der Waals surface area (Å²) in [7, 11) is 1.69. The summed E-state index contributed by atoms with van der Waals surface area (Å²) in [4.78, 5) is 10.6. The van der Waals surface area contributed by atoms with E-state index in [4.69, 9.17) is 10.00 Å². The summed E-state index contributed by atoms with van der Waals surface area (Å²) in [5, 5.41) is 9.15. The molecule has 0 spiro atoms. The summed E-state index contributed by atoms with van der Waals surface area (Å²) in [6, 6.07) is 10.4. The minimum atomic E-state index is 0.418. The molecule has 0 bridgehead atoms. The number of anilines is 1. The van der Waals surface area contributed by atoms with Gasteiger partial charge in [-0.1, -0.05) is 12.1 Å². The van der Waals surface area contributed by atoms with Crippen LogP contribution in [0, 0.1) is 17.2 Å². The molecule has 118 valence electrons. The van der Waals surface area contributed by atoms with Gasteiger partial charge in [0.1, 0.15) is 11.8 Å². The highest BCUT2D eigenvalue weighted by atomic mass is 16.5. The van der Waals surface area contributed by atoms with E-state index in [1.807, 2.05) is 12.1 Å². The van der Waals surface area contributed by atoms with Gasteiger partial charge in [-0.2, -0.15) is 5.26 Å². The zero-order valence-corrected chi connectivity index (χ0v) is 13.3. The van der Waals surface area contributed by atoms with Crippen molar-refractivity contribution < 1.29 is 4.74 Å². The number of piperidine rings is 1. The third kappa shape index (κ3) is 3.59. The zero-order valence-electron chi connectivity index (χ0n) is 13.3. The second-order valence-electron chi connectivity index (χ2n) is 5.82. The molecule has 1 aliphatic heterocycles. The van der Waals surface area contributed by atoms with E-state index in [9.17, 15) is 0 Å². The lowest BCUT2D eigenvalue weighted by molar-refractivity contribution is 0.400. The highest BCUT2D eigenvalue weighted by Gasteiger charge is 2.22. The first-order valence-electron chi connectivity index (χ1n) is 7.89. The van der Waals surface area contributed by atoms with Gasteiger partial charge in [-0.15, -0.1) is 0 Å². The van der Waals surface area contributed by atoms with Gasteiger partial charge in [0.2, 0.25) is 0 Å². The molecular formula is C18H20N4O. The molecule has 0 aliphatic carbocycles. The van der Waals surface area contributed by atoms with Crippen molar-refractivity contribution in [3.05, 3.63) is 47.9 Å². The first kappa shape index (κ1) is 15.3. The fourth-order valence-electron chi connectivity index (χ4n) is 3.08. The molecule has 0 unspecified atom stereocenters. The lowest BCUT2D eigenvalue weighted by Crippen LogP contribution is -2.35. The van der Waals surface area contributed by atoms with Crippen LogP contribution in [0.5, 0.6) is 5.75 Å². The van der Waals surface area contributed by atoms with Crippen LogP contribution in [0.4, 0.5) is 5.82 Å². The molecule has 2 heterocycles. The van der Waals surface area contributed by atoms with E-state index < -0.39 is 0 Å². The molecule has 1 fully saturated rings. The van der Waals surface area contributed by atoms with E-state index in [2.05, 4.69) is 33.1 Å². The van der Waals surface area contributed by atoms with E-state index >= 15 is 0 Å². The van der Waals surface area contributed by atoms with E-state index in [0.29, 0.717) is 11.6 Å². The third-order valence-electron chi connectivity index (χ3n) is 4.38. The number of hydrogen-bond donors (Lipinski definition) is 0. The molecule has 2 aromatic rings. The summed E-state index contributed by atoms with van der Waals surface area (Å²) < 4.78 is 5.20. The number of aromatic nitrogens is 2. The Hall–Kier alpha value is -2.61. The van der Waals surface area contributed by atoms with Crippen molar-refractivity contribution in [2.24, 2.45) is 5.92 Å². The molecule has 0 atom stereocenters. The zero-order chi connectivity index (χ0) is 16.1. The molecule has 0 saturated carbocycles. The molecule has 0 N–H and O–H groups in total. The third-order valence-corrected chi connectivity index (χ3v) is 4.38. The number of ether oxygens (including phenoxy) is 1. The molecule has 3 rings (SSSR count). The Bertz CT molecular complexity index is 685. The van der Waals surface area contributed by atoms with Gasteiger partial charge in [-0.25, -0.2) is 9.97 Å². The average Bonchev–Trinajstić information content (AvgIpc) is 2.63. The van der Waals surface area contributed by atoms with E-state index in [1.54, 1.807) is 19.5 Å². The average molecular weight is 308 g/mol. The molecule has 0 radical (unpaired) electrons. The van der Waals surface area contributed by atoms with Crippen LogP contribution < -0.4 is 9.64 Å². The molecule has 0 amide bonds. The van der Waals surface area contributed by atoms with Crippen LogP contribution in [0.2, 0.25) is 0 Å². The quantitative estimate of drug-likeness (QED) is 0.869. The van der Waals surface area contributed by atoms with Crippen LogP contribution in [0.3, 0.4) is 0 Å². The highest BCUT2D eigenvalue weighted by Crippen LogP contribution is 2.26. The van der Waals surface area contributed by atoms with Gasteiger partial charge < -0.3 is 9.64 Å². The fraction of sp³-hybridized carbons (Fsp3) is 0.389.